The van der Waals surface area contributed by atoms with Gasteiger partial charge >= 0.3 is 6.03 Å². The topological polar surface area (TPSA) is 86.3 Å². The summed E-state index contributed by atoms with van der Waals surface area (Å²) in [6.07, 6.45) is 5.54. The lowest BCUT2D eigenvalue weighted by atomic mass is 10.1. The van der Waals surface area contributed by atoms with Crippen molar-refractivity contribution in [2.45, 2.75) is 30.7 Å². The molecule has 1 aromatic heterocycles. The number of piperidine rings is 1. The molecular weight excluding hydrogens is 374 g/mol. The maximum absolute atomic E-state index is 12.3. The van der Waals surface area contributed by atoms with Crippen LogP contribution in [0.1, 0.15) is 25.1 Å². The van der Waals surface area contributed by atoms with Crippen molar-refractivity contribution in [2.75, 3.05) is 48.6 Å². The Hall–Kier alpha value is -2.55. The molecule has 1 saturated heterocycles. The summed E-state index contributed by atoms with van der Waals surface area (Å²) in [5, 5.41) is 5.68. The summed E-state index contributed by atoms with van der Waals surface area (Å²) in [5.41, 5.74) is 0.753. The van der Waals surface area contributed by atoms with E-state index in [1.54, 1.807) is 11.8 Å². The molecule has 1 fully saturated rings. The maximum atomic E-state index is 12.3. The highest BCUT2D eigenvalue weighted by Gasteiger charge is 2.17. The van der Waals surface area contributed by atoms with Crippen LogP contribution in [-0.2, 0) is 6.54 Å². The van der Waals surface area contributed by atoms with E-state index < -0.39 is 0 Å². The van der Waals surface area contributed by atoms with Gasteiger partial charge in [0, 0.05) is 37.8 Å². The number of benzene rings is 1. The van der Waals surface area contributed by atoms with Gasteiger partial charge in [0.2, 0.25) is 11.9 Å². The fourth-order valence-electron chi connectivity index (χ4n) is 2.95. The molecule has 0 saturated carbocycles. The Morgan fingerprint density at radius 1 is 1.18 bits per heavy atom. The molecule has 0 bridgehead atoms. The van der Waals surface area contributed by atoms with Crippen molar-refractivity contribution < 1.29 is 4.79 Å². The number of carbonyl (C=O) groups excluding carboxylic acids is 1. The second-order valence-corrected chi connectivity index (χ2v) is 7.71. The Morgan fingerprint density at radius 3 is 2.68 bits per heavy atom. The highest BCUT2D eigenvalue weighted by molar-refractivity contribution is 7.98. The zero-order chi connectivity index (χ0) is 19.9. The Morgan fingerprint density at radius 2 is 1.96 bits per heavy atom. The molecule has 0 spiro atoms. The van der Waals surface area contributed by atoms with Gasteiger partial charge in [-0.05, 0) is 43.7 Å². The standard InChI is InChI=1S/C19H27N7OS/c1-25(2)17-22-16(23-18(24-17)26-10-5-4-6-11-26)13-20-19(27)21-14-8-7-9-15(12-14)28-3/h7-9,12H,4-6,10-11,13H2,1-3H3,(H2,20,21,27). The van der Waals surface area contributed by atoms with Crippen LogP contribution >= 0.6 is 11.8 Å². The quantitative estimate of drug-likeness (QED) is 0.720. The number of hydrogen-bond acceptors (Lipinski definition) is 7. The maximum Gasteiger partial charge on any atom is 0.319 e. The lowest BCUT2D eigenvalue weighted by molar-refractivity contribution is 0.251. The van der Waals surface area contributed by atoms with Gasteiger partial charge in [-0.15, -0.1) is 11.8 Å². The fourth-order valence-corrected chi connectivity index (χ4v) is 3.40. The first kappa shape index (κ1) is 20.2. The third-order valence-electron chi connectivity index (χ3n) is 4.43. The zero-order valence-corrected chi connectivity index (χ0v) is 17.4. The second kappa shape index (κ2) is 9.59. The molecule has 0 unspecified atom stereocenters. The molecular formula is C19H27N7OS. The van der Waals surface area contributed by atoms with Crippen molar-refractivity contribution in [3.8, 4) is 0 Å². The molecule has 2 aromatic rings. The lowest BCUT2D eigenvalue weighted by Gasteiger charge is -2.27. The first-order valence-electron chi connectivity index (χ1n) is 9.41. The van der Waals surface area contributed by atoms with Gasteiger partial charge in [0.25, 0.3) is 0 Å². The highest BCUT2D eigenvalue weighted by Crippen LogP contribution is 2.19. The van der Waals surface area contributed by atoms with Crippen LogP contribution in [-0.4, -0.2) is 54.4 Å². The summed E-state index contributed by atoms with van der Waals surface area (Å²) in [4.78, 5) is 31.0. The van der Waals surface area contributed by atoms with Crippen LogP contribution in [0.25, 0.3) is 0 Å². The number of urea groups is 1. The third-order valence-corrected chi connectivity index (χ3v) is 5.16. The predicted molar refractivity (Wildman–Crippen MR) is 114 cm³/mol. The normalized spacial score (nSPS) is 13.9. The largest absolute Gasteiger partial charge is 0.347 e. The molecule has 150 valence electrons. The van der Waals surface area contributed by atoms with Crippen molar-refractivity contribution in [3.05, 3.63) is 30.1 Å². The third kappa shape index (κ3) is 5.48. The molecule has 2 heterocycles. The van der Waals surface area contributed by atoms with Gasteiger partial charge in [0.05, 0.1) is 6.54 Å². The summed E-state index contributed by atoms with van der Waals surface area (Å²) >= 11 is 1.63. The van der Waals surface area contributed by atoms with E-state index in [0.717, 1.165) is 36.5 Å². The van der Waals surface area contributed by atoms with Crippen molar-refractivity contribution in [2.24, 2.45) is 0 Å². The van der Waals surface area contributed by atoms with E-state index >= 15 is 0 Å². The number of rotatable bonds is 6. The fraction of sp³-hybridized carbons (Fsp3) is 0.474. The highest BCUT2D eigenvalue weighted by atomic mass is 32.2. The number of anilines is 3. The van der Waals surface area contributed by atoms with Crippen LogP contribution in [0.5, 0.6) is 0 Å². The van der Waals surface area contributed by atoms with E-state index in [1.807, 2.05) is 49.5 Å². The molecule has 9 heteroatoms. The average Bonchev–Trinajstić information content (AvgIpc) is 2.73. The van der Waals surface area contributed by atoms with Crippen LogP contribution in [0.15, 0.2) is 29.2 Å². The van der Waals surface area contributed by atoms with Gasteiger partial charge in [0.1, 0.15) is 0 Å². The molecule has 8 nitrogen and oxygen atoms in total. The van der Waals surface area contributed by atoms with E-state index in [0.29, 0.717) is 17.7 Å². The summed E-state index contributed by atoms with van der Waals surface area (Å²) in [6.45, 7) is 2.14. The Labute approximate surface area is 170 Å². The van der Waals surface area contributed by atoms with Crippen LogP contribution in [0, 0.1) is 0 Å². The van der Waals surface area contributed by atoms with Gasteiger partial charge in [-0.1, -0.05) is 6.07 Å². The zero-order valence-electron chi connectivity index (χ0n) is 16.6. The van der Waals surface area contributed by atoms with Crippen LogP contribution < -0.4 is 20.4 Å². The van der Waals surface area contributed by atoms with Gasteiger partial charge < -0.3 is 20.4 Å². The Bertz CT molecular complexity index is 809. The molecule has 1 aromatic carbocycles. The smallest absolute Gasteiger partial charge is 0.319 e. The minimum Gasteiger partial charge on any atom is -0.347 e. The van der Waals surface area contributed by atoms with Crippen molar-refractivity contribution in [1.29, 1.82) is 0 Å². The number of thioether (sulfide) groups is 1. The van der Waals surface area contributed by atoms with E-state index in [2.05, 4.69) is 30.5 Å². The molecule has 28 heavy (non-hydrogen) atoms. The predicted octanol–water partition coefficient (Wildman–Crippen LogP) is 2.97. The molecule has 0 atom stereocenters. The summed E-state index contributed by atoms with van der Waals surface area (Å²) in [6, 6.07) is 7.43. The number of carbonyl (C=O) groups is 1. The van der Waals surface area contributed by atoms with Gasteiger partial charge in [-0.25, -0.2) is 4.79 Å². The molecule has 1 aliphatic rings. The Balaban J connectivity index is 1.66. The average molecular weight is 402 g/mol. The van der Waals surface area contributed by atoms with Crippen molar-refractivity contribution in [3.63, 3.8) is 0 Å². The molecule has 0 aliphatic carbocycles. The first-order chi connectivity index (χ1) is 13.5. The monoisotopic (exact) mass is 401 g/mol. The molecule has 2 amide bonds. The summed E-state index contributed by atoms with van der Waals surface area (Å²) in [7, 11) is 3.80. The van der Waals surface area contributed by atoms with Gasteiger partial charge in [-0.2, -0.15) is 15.0 Å². The number of nitrogens with zero attached hydrogens (tertiary/aromatic N) is 5. The van der Waals surface area contributed by atoms with Crippen molar-refractivity contribution >= 4 is 35.4 Å². The second-order valence-electron chi connectivity index (χ2n) is 6.83. The number of hydrogen-bond donors (Lipinski definition) is 2. The summed E-state index contributed by atoms with van der Waals surface area (Å²) < 4.78 is 0. The molecule has 1 aliphatic heterocycles. The van der Waals surface area contributed by atoms with Crippen LogP contribution in [0.3, 0.4) is 0 Å². The number of nitrogens with one attached hydrogen (secondary N) is 2. The van der Waals surface area contributed by atoms with E-state index in [-0.39, 0.29) is 12.6 Å². The van der Waals surface area contributed by atoms with E-state index in [9.17, 15) is 4.79 Å². The summed E-state index contributed by atoms with van der Waals surface area (Å²) in [5.74, 6) is 1.83. The Kier molecular flexibility index (Phi) is 6.91. The molecule has 0 radical (unpaired) electrons. The SMILES string of the molecule is CSc1cccc(NC(=O)NCc2nc(N(C)C)nc(N3CCCCC3)n2)c1. The number of amides is 2. The van der Waals surface area contributed by atoms with E-state index in [4.69, 9.17) is 0 Å². The first-order valence-corrected chi connectivity index (χ1v) is 10.6. The minimum absolute atomic E-state index is 0.234. The van der Waals surface area contributed by atoms with E-state index in [1.165, 1.54) is 6.42 Å². The number of aromatic nitrogens is 3. The minimum atomic E-state index is -0.287. The molecule has 2 N–H and O–H groups in total. The lowest BCUT2D eigenvalue weighted by Crippen LogP contribution is -2.33. The van der Waals surface area contributed by atoms with Gasteiger partial charge in [0.15, 0.2) is 5.82 Å². The van der Waals surface area contributed by atoms with Crippen molar-refractivity contribution in [1.82, 2.24) is 20.3 Å². The van der Waals surface area contributed by atoms with Crippen LogP contribution in [0.2, 0.25) is 0 Å². The molecule has 3 rings (SSSR count). The van der Waals surface area contributed by atoms with Crippen LogP contribution in [0.4, 0.5) is 22.4 Å². The van der Waals surface area contributed by atoms with Gasteiger partial charge in [-0.3, -0.25) is 0 Å².